The largest absolute Gasteiger partial charge is 0.396 e. The van der Waals surface area contributed by atoms with Crippen LogP contribution in [0.25, 0.3) is 0 Å². The second-order valence-electron chi connectivity index (χ2n) is 7.91. The maximum Gasteiger partial charge on any atom is 0.211 e. The first-order valence-electron chi connectivity index (χ1n) is 10.4. The van der Waals surface area contributed by atoms with E-state index in [0.29, 0.717) is 10.6 Å². The Morgan fingerprint density at radius 1 is 0.848 bits per heavy atom. The molecule has 0 amide bonds. The number of hydrogen-bond donors (Lipinski definition) is 2. The molecule has 0 aliphatic heterocycles. The summed E-state index contributed by atoms with van der Waals surface area (Å²) in [6, 6.07) is 21.1. The Bertz CT molecular complexity index is 1420. The zero-order chi connectivity index (χ0) is 23.8. The number of nitrogens with two attached hydrogens (primary N) is 1. The molecule has 33 heavy (non-hydrogen) atoms. The van der Waals surface area contributed by atoms with Crippen molar-refractivity contribution >= 4 is 43.3 Å². The lowest BCUT2D eigenvalue weighted by Crippen LogP contribution is -2.08. The summed E-state index contributed by atoms with van der Waals surface area (Å²) < 4.78 is 27.3. The summed E-state index contributed by atoms with van der Waals surface area (Å²) in [7, 11) is -3.98. The molecule has 0 saturated heterocycles. The van der Waals surface area contributed by atoms with Gasteiger partial charge in [0.05, 0.1) is 10.6 Å². The highest BCUT2D eigenvalue weighted by molar-refractivity contribution is 7.92. The maximum absolute atomic E-state index is 13.6. The van der Waals surface area contributed by atoms with Gasteiger partial charge in [-0.05, 0) is 44.0 Å². The Hall–Kier alpha value is -3.42. The molecule has 1 aromatic heterocycles. The summed E-state index contributed by atoms with van der Waals surface area (Å²) in [6.07, 6.45) is 0. The lowest BCUT2D eigenvalue weighted by Gasteiger charge is -2.13. The molecule has 0 aliphatic carbocycles. The van der Waals surface area contributed by atoms with E-state index in [1.807, 2.05) is 51.1 Å². The number of thiophene rings is 1. The van der Waals surface area contributed by atoms with Crippen LogP contribution in [0.5, 0.6) is 0 Å². The molecule has 4 rings (SSSR count). The van der Waals surface area contributed by atoms with E-state index >= 15 is 0 Å². The summed E-state index contributed by atoms with van der Waals surface area (Å²) >= 11 is 1.06. The van der Waals surface area contributed by atoms with Crippen LogP contribution < -0.4 is 11.1 Å². The minimum atomic E-state index is -3.98. The Kier molecular flexibility index (Phi) is 6.10. The standard InChI is InChI=1S/C26H24N2O3S2/c1-16-12-14-19(15-13-16)23(29)24-21(27)25(33(30,31)20-10-5-4-6-11-20)26(32-24)28-22-17(2)8-7-9-18(22)3/h4-15,28H,27H2,1-3H3. The molecule has 4 aromatic rings. The molecule has 3 N–H and O–H groups in total. The zero-order valence-electron chi connectivity index (χ0n) is 18.5. The number of para-hydroxylation sites is 1. The predicted octanol–water partition coefficient (Wildman–Crippen LogP) is 6.06. The van der Waals surface area contributed by atoms with Crippen molar-refractivity contribution in [3.63, 3.8) is 0 Å². The molecule has 0 fully saturated rings. The van der Waals surface area contributed by atoms with E-state index in [0.717, 1.165) is 33.7 Å². The van der Waals surface area contributed by atoms with E-state index < -0.39 is 9.84 Å². The molecule has 1 heterocycles. The molecule has 7 heteroatoms. The summed E-state index contributed by atoms with van der Waals surface area (Å²) in [6.45, 7) is 5.82. The monoisotopic (exact) mass is 476 g/mol. The lowest BCUT2D eigenvalue weighted by atomic mass is 10.1. The molecule has 0 spiro atoms. The number of nitrogen functional groups attached to an aromatic ring is 1. The molecule has 0 atom stereocenters. The number of sulfone groups is 1. The van der Waals surface area contributed by atoms with Gasteiger partial charge in [-0.2, -0.15) is 0 Å². The van der Waals surface area contributed by atoms with E-state index in [9.17, 15) is 13.2 Å². The third-order valence-electron chi connectivity index (χ3n) is 5.46. The van der Waals surface area contributed by atoms with Crippen molar-refractivity contribution in [2.24, 2.45) is 0 Å². The Morgan fingerprint density at radius 2 is 1.45 bits per heavy atom. The van der Waals surface area contributed by atoms with Gasteiger partial charge < -0.3 is 11.1 Å². The summed E-state index contributed by atoms with van der Waals surface area (Å²) in [5.41, 5.74) is 10.5. The highest BCUT2D eigenvalue weighted by Crippen LogP contribution is 2.44. The van der Waals surface area contributed by atoms with Crippen molar-refractivity contribution in [1.82, 2.24) is 0 Å². The van der Waals surface area contributed by atoms with Gasteiger partial charge in [0.25, 0.3) is 0 Å². The average Bonchev–Trinajstić information content (AvgIpc) is 3.13. The number of aryl methyl sites for hydroxylation is 3. The van der Waals surface area contributed by atoms with E-state index in [1.165, 1.54) is 12.1 Å². The quantitative estimate of drug-likeness (QED) is 0.330. The normalized spacial score (nSPS) is 11.4. The molecule has 0 bridgehead atoms. The fourth-order valence-electron chi connectivity index (χ4n) is 3.63. The first kappa shape index (κ1) is 22.8. The lowest BCUT2D eigenvalue weighted by molar-refractivity contribution is 0.104. The van der Waals surface area contributed by atoms with Gasteiger partial charge in [0.1, 0.15) is 14.8 Å². The molecular weight excluding hydrogens is 452 g/mol. The number of nitrogens with one attached hydrogen (secondary N) is 1. The second kappa shape index (κ2) is 8.84. The fraction of sp³-hybridized carbons (Fsp3) is 0.115. The van der Waals surface area contributed by atoms with Crippen LogP contribution in [0.15, 0.2) is 82.6 Å². The molecular formula is C26H24N2O3S2. The Labute approximate surface area is 197 Å². The van der Waals surface area contributed by atoms with E-state index in [-0.39, 0.29) is 26.1 Å². The molecule has 5 nitrogen and oxygen atoms in total. The van der Waals surface area contributed by atoms with Gasteiger partial charge in [-0.1, -0.05) is 66.2 Å². The predicted molar refractivity (Wildman–Crippen MR) is 134 cm³/mol. The summed E-state index contributed by atoms with van der Waals surface area (Å²) in [5, 5.41) is 3.59. The van der Waals surface area contributed by atoms with Gasteiger partial charge in [-0.15, -0.1) is 11.3 Å². The molecule has 168 valence electrons. The number of carbonyl (C=O) groups excluding carboxylic acids is 1. The van der Waals surface area contributed by atoms with Gasteiger partial charge >= 0.3 is 0 Å². The van der Waals surface area contributed by atoms with Crippen molar-refractivity contribution in [2.45, 2.75) is 30.6 Å². The van der Waals surface area contributed by atoms with E-state index in [2.05, 4.69) is 5.32 Å². The van der Waals surface area contributed by atoms with Crippen LogP contribution in [0.4, 0.5) is 16.4 Å². The minimum absolute atomic E-state index is 0.0387. The van der Waals surface area contributed by atoms with Crippen molar-refractivity contribution in [3.05, 3.63) is 99.9 Å². The van der Waals surface area contributed by atoms with Crippen LogP contribution in [0, 0.1) is 20.8 Å². The first-order chi connectivity index (χ1) is 15.7. The van der Waals surface area contributed by atoms with Crippen LogP contribution in [0.2, 0.25) is 0 Å². The van der Waals surface area contributed by atoms with E-state index in [1.54, 1.807) is 30.3 Å². The zero-order valence-corrected chi connectivity index (χ0v) is 20.2. The maximum atomic E-state index is 13.6. The van der Waals surface area contributed by atoms with Crippen LogP contribution in [0.3, 0.4) is 0 Å². The number of benzene rings is 3. The molecule has 3 aromatic carbocycles. The van der Waals surface area contributed by atoms with Gasteiger partial charge in [-0.3, -0.25) is 4.79 Å². The average molecular weight is 477 g/mol. The number of ketones is 1. The first-order valence-corrected chi connectivity index (χ1v) is 12.7. The fourth-order valence-corrected chi connectivity index (χ4v) is 6.56. The molecule has 0 unspecified atom stereocenters. The topological polar surface area (TPSA) is 89.3 Å². The number of anilines is 3. The number of hydrogen-bond acceptors (Lipinski definition) is 6. The van der Waals surface area contributed by atoms with Crippen molar-refractivity contribution < 1.29 is 13.2 Å². The van der Waals surface area contributed by atoms with Crippen LogP contribution in [-0.4, -0.2) is 14.2 Å². The second-order valence-corrected chi connectivity index (χ2v) is 10.8. The number of rotatable bonds is 6. The van der Waals surface area contributed by atoms with Crippen LogP contribution >= 0.6 is 11.3 Å². The minimum Gasteiger partial charge on any atom is -0.396 e. The van der Waals surface area contributed by atoms with Crippen LogP contribution in [0.1, 0.15) is 31.9 Å². The van der Waals surface area contributed by atoms with Crippen LogP contribution in [-0.2, 0) is 9.84 Å². The van der Waals surface area contributed by atoms with E-state index in [4.69, 9.17) is 5.73 Å². The number of carbonyl (C=O) groups is 1. The summed E-state index contributed by atoms with van der Waals surface area (Å²) in [4.78, 5) is 13.5. The SMILES string of the molecule is Cc1ccc(C(=O)c2sc(Nc3c(C)cccc3C)c(S(=O)(=O)c3ccccc3)c2N)cc1. The van der Waals surface area contributed by atoms with Gasteiger partial charge in [-0.25, -0.2) is 8.42 Å². The van der Waals surface area contributed by atoms with Gasteiger partial charge in [0.15, 0.2) is 0 Å². The van der Waals surface area contributed by atoms with Crippen molar-refractivity contribution in [3.8, 4) is 0 Å². The molecule has 0 aliphatic rings. The third kappa shape index (κ3) is 4.29. The Balaban J connectivity index is 1.92. The molecule has 0 saturated carbocycles. The smallest absolute Gasteiger partial charge is 0.211 e. The van der Waals surface area contributed by atoms with Crippen molar-refractivity contribution in [1.29, 1.82) is 0 Å². The highest BCUT2D eigenvalue weighted by Gasteiger charge is 2.32. The molecule has 0 radical (unpaired) electrons. The summed E-state index contributed by atoms with van der Waals surface area (Å²) in [5.74, 6) is -0.309. The third-order valence-corrected chi connectivity index (χ3v) is 8.56. The highest BCUT2D eigenvalue weighted by atomic mass is 32.2. The van der Waals surface area contributed by atoms with Crippen molar-refractivity contribution in [2.75, 3.05) is 11.1 Å². The Morgan fingerprint density at radius 3 is 2.06 bits per heavy atom. The van der Waals surface area contributed by atoms with Gasteiger partial charge in [0.2, 0.25) is 15.6 Å². The van der Waals surface area contributed by atoms with Gasteiger partial charge in [0, 0.05) is 11.3 Å².